The molecule has 4 aromatic rings. The van der Waals surface area contributed by atoms with Crippen LogP contribution in [0.3, 0.4) is 0 Å². The summed E-state index contributed by atoms with van der Waals surface area (Å²) in [4.78, 5) is 5.19. The highest BCUT2D eigenvalue weighted by Crippen LogP contribution is 2.56. The Kier molecular flexibility index (Phi) is 6.44. The fourth-order valence-corrected chi connectivity index (χ4v) is 9.77. The van der Waals surface area contributed by atoms with Crippen LogP contribution in [0.15, 0.2) is 125 Å². The van der Waals surface area contributed by atoms with Crippen LogP contribution in [0.5, 0.6) is 0 Å². The molecule has 2 aliphatic rings. The molecule has 0 saturated heterocycles. The maximum Gasteiger partial charge on any atom is 0.344 e. The van der Waals surface area contributed by atoms with Crippen LogP contribution >= 0.6 is 23.5 Å². The third-order valence-corrected chi connectivity index (χ3v) is 11.3. The second-order valence-electron chi connectivity index (χ2n) is 8.10. The smallest absolute Gasteiger partial charge is 0.192 e. The monoisotopic (exact) mass is 534 g/mol. The van der Waals surface area contributed by atoms with E-state index >= 15 is 0 Å². The van der Waals surface area contributed by atoms with E-state index in [2.05, 4.69) is 84.9 Å². The average molecular weight is 535 g/mol. The Morgan fingerprint density at radius 2 is 1.00 bits per heavy atom. The van der Waals surface area contributed by atoms with Gasteiger partial charge in [0.15, 0.2) is 0 Å². The summed E-state index contributed by atoms with van der Waals surface area (Å²) >= 11 is 6.02. The van der Waals surface area contributed by atoms with E-state index in [1.54, 1.807) is 0 Å². The number of hydrogen-bond donors (Lipinski definition) is 0. The Labute approximate surface area is 227 Å². The van der Waals surface area contributed by atoms with Gasteiger partial charge in [0.05, 0.1) is 33.1 Å². The average Bonchev–Trinajstić information content (AvgIpc) is 3.56. The van der Waals surface area contributed by atoms with Crippen molar-refractivity contribution in [2.24, 2.45) is 0 Å². The lowest BCUT2D eigenvalue weighted by Crippen LogP contribution is -1.98. The van der Waals surface area contributed by atoms with Crippen LogP contribution in [0.4, 0.5) is 0 Å². The normalized spacial score (nSPS) is 13.5. The number of thiol groups is 2. The number of hydrogen-bond acceptors (Lipinski definition) is 4. The first-order valence-electron chi connectivity index (χ1n) is 11.2. The number of rotatable bonds is 3. The SMILES string of the molecule is N#Cc1ccc(C(=C2Sc3ccccc3S2)C(=C2[SH+]c3ccccc3[SH+]2)c2ccc(C#N)cc2)cc1. The summed E-state index contributed by atoms with van der Waals surface area (Å²) in [7, 11) is 0. The Bertz CT molecular complexity index is 1460. The predicted molar refractivity (Wildman–Crippen MR) is 155 cm³/mol. The first-order chi connectivity index (χ1) is 17.7. The van der Waals surface area contributed by atoms with Crippen molar-refractivity contribution in [3.8, 4) is 12.1 Å². The molecule has 0 saturated carbocycles. The van der Waals surface area contributed by atoms with Gasteiger partial charge in [0.25, 0.3) is 0 Å². The standard InChI is InChI=1S/C30H16N2S4/c31-17-19-9-13-21(14-10-19)27(29-33-23-5-1-2-6-24(23)34-29)28(22-15-11-20(18-32)12-16-22)30-35-25-7-3-4-8-26(25)36-30/h1-16H/p+2. The zero-order chi connectivity index (χ0) is 24.5. The third kappa shape index (κ3) is 4.39. The molecule has 0 spiro atoms. The highest BCUT2D eigenvalue weighted by Gasteiger charge is 2.40. The summed E-state index contributed by atoms with van der Waals surface area (Å²) in [6.07, 6.45) is 0. The van der Waals surface area contributed by atoms with E-state index in [0.29, 0.717) is 11.1 Å². The summed E-state index contributed by atoms with van der Waals surface area (Å²) < 4.78 is 2.55. The lowest BCUT2D eigenvalue weighted by atomic mass is 9.93. The van der Waals surface area contributed by atoms with Gasteiger partial charge in [0.2, 0.25) is 9.79 Å². The Balaban J connectivity index is 1.60. The lowest BCUT2D eigenvalue weighted by Gasteiger charge is -2.14. The van der Waals surface area contributed by atoms with Crippen molar-refractivity contribution < 1.29 is 0 Å². The van der Waals surface area contributed by atoms with E-state index in [1.807, 2.05) is 47.8 Å². The fraction of sp³-hybridized carbons (Fsp3) is 0. The summed E-state index contributed by atoms with van der Waals surface area (Å²) in [5.41, 5.74) is 5.86. The van der Waals surface area contributed by atoms with Gasteiger partial charge >= 0.3 is 4.24 Å². The molecule has 0 radical (unpaired) electrons. The lowest BCUT2D eigenvalue weighted by molar-refractivity contribution is 1.27. The second-order valence-corrected chi connectivity index (χ2v) is 13.1. The molecule has 0 amide bonds. The molecule has 2 heterocycles. The van der Waals surface area contributed by atoms with Crippen molar-refractivity contribution in [2.45, 2.75) is 19.6 Å². The molecule has 4 aromatic carbocycles. The van der Waals surface area contributed by atoms with Crippen molar-refractivity contribution in [1.82, 2.24) is 0 Å². The van der Waals surface area contributed by atoms with E-state index in [-0.39, 0.29) is 0 Å². The first-order valence-corrected chi connectivity index (χ1v) is 14.6. The van der Waals surface area contributed by atoms with Crippen molar-refractivity contribution in [3.05, 3.63) is 128 Å². The molecule has 36 heavy (non-hydrogen) atoms. The van der Waals surface area contributed by atoms with Gasteiger partial charge < -0.3 is 0 Å². The Hall–Kier alpha value is -3.26. The van der Waals surface area contributed by atoms with Crippen LogP contribution in [-0.4, -0.2) is 0 Å². The number of allylic oxidation sites excluding steroid dienone is 2. The minimum Gasteiger partial charge on any atom is -0.192 e. The van der Waals surface area contributed by atoms with Crippen LogP contribution in [0.25, 0.3) is 11.1 Å². The Morgan fingerprint density at radius 3 is 1.47 bits per heavy atom. The van der Waals surface area contributed by atoms with Crippen LogP contribution in [0, 0.1) is 22.7 Å². The molecule has 0 atom stereocenters. The van der Waals surface area contributed by atoms with E-state index in [9.17, 15) is 10.5 Å². The zero-order valence-corrected chi connectivity index (χ0v) is 22.3. The molecule has 6 rings (SSSR count). The van der Waals surface area contributed by atoms with Gasteiger partial charge in [-0.3, -0.25) is 0 Å². The second kappa shape index (κ2) is 10.0. The number of nitrogens with zero attached hydrogens (tertiary/aromatic N) is 2. The minimum absolute atomic E-state index is 0.648. The summed E-state index contributed by atoms with van der Waals surface area (Å²) in [5, 5.41) is 18.8. The largest absolute Gasteiger partial charge is 0.344 e. The van der Waals surface area contributed by atoms with Crippen LogP contribution in [-0.2, 0) is 23.5 Å². The van der Waals surface area contributed by atoms with Crippen molar-refractivity contribution in [3.63, 3.8) is 0 Å². The van der Waals surface area contributed by atoms with Crippen molar-refractivity contribution >= 4 is 58.2 Å². The highest BCUT2D eigenvalue weighted by molar-refractivity contribution is 8.25. The minimum atomic E-state index is 0.648. The zero-order valence-electron chi connectivity index (χ0n) is 18.8. The highest BCUT2D eigenvalue weighted by atomic mass is 32.2. The molecular weight excluding hydrogens is 517 g/mol. The van der Waals surface area contributed by atoms with Gasteiger partial charge in [-0.1, -0.05) is 72.1 Å². The van der Waals surface area contributed by atoms with E-state index < -0.39 is 0 Å². The topological polar surface area (TPSA) is 47.6 Å². The molecule has 0 bridgehead atoms. The summed E-state index contributed by atoms with van der Waals surface area (Å²) in [6.45, 7) is 0. The van der Waals surface area contributed by atoms with Gasteiger partial charge in [-0.2, -0.15) is 10.5 Å². The molecule has 0 aliphatic carbocycles. The van der Waals surface area contributed by atoms with E-state index in [1.165, 1.54) is 62.7 Å². The molecule has 0 fully saturated rings. The predicted octanol–water partition coefficient (Wildman–Crippen LogP) is 7.43. The molecule has 0 unspecified atom stereocenters. The number of benzene rings is 4. The van der Waals surface area contributed by atoms with E-state index in [0.717, 1.165) is 11.1 Å². The molecule has 6 heteroatoms. The Morgan fingerprint density at radius 1 is 0.556 bits per heavy atom. The molecule has 0 N–H and O–H groups in total. The van der Waals surface area contributed by atoms with Gasteiger partial charge in [-0.25, -0.2) is 0 Å². The molecule has 2 aliphatic heterocycles. The third-order valence-electron chi connectivity index (χ3n) is 5.87. The number of thioether (sulfide) groups is 2. The van der Waals surface area contributed by atoms with Crippen LogP contribution in [0.1, 0.15) is 22.3 Å². The van der Waals surface area contributed by atoms with Gasteiger partial charge in [-0.15, -0.1) is 0 Å². The maximum absolute atomic E-state index is 9.40. The van der Waals surface area contributed by atoms with Crippen molar-refractivity contribution in [2.75, 3.05) is 0 Å². The number of fused-ring (bicyclic) bond motifs is 2. The molecule has 2 nitrogen and oxygen atoms in total. The summed E-state index contributed by atoms with van der Waals surface area (Å²) in [5.74, 6) is 0. The molecular formula is C30H18N2S4+2. The van der Waals surface area contributed by atoms with Crippen molar-refractivity contribution in [1.29, 1.82) is 10.5 Å². The van der Waals surface area contributed by atoms with Gasteiger partial charge in [0, 0.05) is 15.4 Å². The quantitative estimate of drug-likeness (QED) is 0.203. The maximum atomic E-state index is 9.40. The fourth-order valence-electron chi connectivity index (χ4n) is 4.13. The van der Waals surface area contributed by atoms with Gasteiger partial charge in [0.1, 0.15) is 23.5 Å². The molecule has 0 aromatic heterocycles. The van der Waals surface area contributed by atoms with Crippen LogP contribution in [0.2, 0.25) is 0 Å². The van der Waals surface area contributed by atoms with Gasteiger partial charge in [-0.05, 0) is 59.7 Å². The first kappa shape index (κ1) is 23.2. The molecule has 170 valence electrons. The number of nitriles is 2. The van der Waals surface area contributed by atoms with E-state index in [4.69, 9.17) is 0 Å². The van der Waals surface area contributed by atoms with Crippen LogP contribution < -0.4 is 0 Å². The summed E-state index contributed by atoms with van der Waals surface area (Å²) in [6, 6.07) is 37.5.